The maximum Gasteiger partial charge on any atom is 0.264 e. The fourth-order valence-corrected chi connectivity index (χ4v) is 3.91. The van der Waals surface area contributed by atoms with Crippen molar-refractivity contribution in [2.75, 3.05) is 27.2 Å². The highest BCUT2D eigenvalue weighted by atomic mass is 32.1. The van der Waals surface area contributed by atoms with Gasteiger partial charge in [0.25, 0.3) is 5.91 Å². The molecule has 0 spiro atoms. The van der Waals surface area contributed by atoms with Crippen molar-refractivity contribution in [1.82, 2.24) is 9.80 Å². The van der Waals surface area contributed by atoms with Crippen LogP contribution in [0.1, 0.15) is 53.7 Å². The summed E-state index contributed by atoms with van der Waals surface area (Å²) < 4.78 is 0. The molecular formula is C17H28N2O2S. The average molecular weight is 324 g/mol. The van der Waals surface area contributed by atoms with Crippen molar-refractivity contribution in [1.29, 1.82) is 0 Å². The number of carbonyl (C=O) groups is 1. The van der Waals surface area contributed by atoms with E-state index in [0.717, 1.165) is 41.2 Å². The van der Waals surface area contributed by atoms with Gasteiger partial charge in [0.15, 0.2) is 0 Å². The van der Waals surface area contributed by atoms with Gasteiger partial charge in [-0.15, -0.1) is 11.3 Å². The summed E-state index contributed by atoms with van der Waals surface area (Å²) in [6.07, 6.45) is 1.46. The summed E-state index contributed by atoms with van der Waals surface area (Å²) in [6.45, 7) is 9.82. The predicted molar refractivity (Wildman–Crippen MR) is 91.5 cm³/mol. The molecule has 1 fully saturated rings. The monoisotopic (exact) mass is 324 g/mol. The summed E-state index contributed by atoms with van der Waals surface area (Å²) in [5.41, 5.74) is -0.0210. The zero-order valence-corrected chi connectivity index (χ0v) is 15.4. The van der Waals surface area contributed by atoms with Crippen molar-refractivity contribution in [3.63, 3.8) is 0 Å². The molecule has 0 unspecified atom stereocenters. The Bertz CT molecular complexity index is 551. The molecule has 0 bridgehead atoms. The second kappa shape index (κ2) is 5.95. The number of rotatable bonds is 2. The Morgan fingerprint density at radius 3 is 2.41 bits per heavy atom. The van der Waals surface area contributed by atoms with Crippen LogP contribution >= 0.6 is 11.3 Å². The van der Waals surface area contributed by atoms with Crippen LogP contribution < -0.4 is 0 Å². The van der Waals surface area contributed by atoms with E-state index in [0.29, 0.717) is 0 Å². The number of thiophene rings is 1. The Hall–Kier alpha value is -0.910. The normalized spacial score (nSPS) is 19.2. The maximum atomic E-state index is 12.7. The van der Waals surface area contributed by atoms with Crippen LogP contribution in [-0.4, -0.2) is 53.5 Å². The Balaban J connectivity index is 2.27. The number of hydrogen-bond donors (Lipinski definition) is 1. The SMILES string of the molecule is Cc1cc(C2(O)CCN(C)CC2)sc1C(=O)N(C)C(C)(C)C. The highest BCUT2D eigenvalue weighted by Crippen LogP contribution is 2.38. The minimum atomic E-state index is -0.777. The van der Waals surface area contributed by atoms with Gasteiger partial charge in [-0.05, 0) is 59.2 Å². The van der Waals surface area contributed by atoms with E-state index in [1.165, 1.54) is 11.3 Å². The lowest BCUT2D eigenvalue weighted by Crippen LogP contribution is -2.42. The van der Waals surface area contributed by atoms with E-state index in [-0.39, 0.29) is 11.4 Å². The molecule has 1 saturated heterocycles. The first-order chi connectivity index (χ1) is 10.0. The number of nitrogens with zero attached hydrogens (tertiary/aromatic N) is 2. The third-order valence-electron chi connectivity index (χ3n) is 4.70. The summed E-state index contributed by atoms with van der Waals surface area (Å²) in [4.78, 5) is 18.4. The molecule has 1 N–H and O–H groups in total. The number of piperidine rings is 1. The summed E-state index contributed by atoms with van der Waals surface area (Å²) in [5, 5.41) is 10.9. The van der Waals surface area contributed by atoms with E-state index in [1.54, 1.807) is 4.90 Å². The van der Waals surface area contributed by atoms with Crippen LogP contribution in [0.15, 0.2) is 6.07 Å². The lowest BCUT2D eigenvalue weighted by molar-refractivity contribution is -0.0172. The molecule has 0 radical (unpaired) electrons. The highest BCUT2D eigenvalue weighted by Gasteiger charge is 2.36. The van der Waals surface area contributed by atoms with Crippen LogP contribution in [0.2, 0.25) is 0 Å². The van der Waals surface area contributed by atoms with Crippen LogP contribution in [0.4, 0.5) is 0 Å². The van der Waals surface area contributed by atoms with Crippen molar-refractivity contribution in [3.8, 4) is 0 Å². The zero-order valence-electron chi connectivity index (χ0n) is 14.6. The molecule has 1 aromatic heterocycles. The number of hydrogen-bond acceptors (Lipinski definition) is 4. The van der Waals surface area contributed by atoms with Gasteiger partial charge in [-0.3, -0.25) is 4.79 Å². The first kappa shape index (κ1) is 17.4. The van der Waals surface area contributed by atoms with E-state index in [1.807, 2.05) is 40.8 Å². The zero-order chi connectivity index (χ0) is 16.7. The van der Waals surface area contributed by atoms with Gasteiger partial charge >= 0.3 is 0 Å². The van der Waals surface area contributed by atoms with Crippen molar-refractivity contribution < 1.29 is 9.90 Å². The van der Waals surface area contributed by atoms with Crippen LogP contribution in [-0.2, 0) is 5.60 Å². The van der Waals surface area contributed by atoms with Gasteiger partial charge < -0.3 is 14.9 Å². The van der Waals surface area contributed by atoms with E-state index in [4.69, 9.17) is 0 Å². The molecule has 5 heteroatoms. The number of aryl methyl sites for hydroxylation is 1. The van der Waals surface area contributed by atoms with Gasteiger partial charge in [-0.25, -0.2) is 0 Å². The predicted octanol–water partition coefficient (Wildman–Crippen LogP) is 2.84. The molecule has 1 aliphatic rings. The second-order valence-electron chi connectivity index (χ2n) is 7.49. The fraction of sp³-hybridized carbons (Fsp3) is 0.706. The standard InChI is InChI=1S/C17H28N2O2S/c1-12-11-13(17(21)7-9-18(5)10-8-17)22-14(12)15(20)19(6)16(2,3)4/h11,21H,7-10H2,1-6H3. The highest BCUT2D eigenvalue weighted by molar-refractivity contribution is 7.14. The van der Waals surface area contributed by atoms with Crippen LogP contribution in [0, 0.1) is 6.92 Å². The molecule has 0 aromatic carbocycles. The van der Waals surface area contributed by atoms with Crippen molar-refractivity contribution >= 4 is 17.2 Å². The van der Waals surface area contributed by atoms with E-state index >= 15 is 0 Å². The number of aliphatic hydroxyl groups is 1. The summed E-state index contributed by atoms with van der Waals surface area (Å²) >= 11 is 1.46. The van der Waals surface area contributed by atoms with Gasteiger partial charge in [-0.1, -0.05) is 0 Å². The molecule has 0 saturated carbocycles. The quantitative estimate of drug-likeness (QED) is 0.910. The number of amides is 1. The van der Waals surface area contributed by atoms with Crippen LogP contribution in [0.5, 0.6) is 0 Å². The smallest absolute Gasteiger partial charge is 0.264 e. The first-order valence-electron chi connectivity index (χ1n) is 7.84. The molecule has 22 heavy (non-hydrogen) atoms. The van der Waals surface area contributed by atoms with Crippen molar-refractivity contribution in [2.24, 2.45) is 0 Å². The summed E-state index contributed by atoms with van der Waals surface area (Å²) in [5.74, 6) is 0.0396. The molecular weight excluding hydrogens is 296 g/mol. The maximum absolute atomic E-state index is 12.7. The van der Waals surface area contributed by atoms with E-state index in [9.17, 15) is 9.90 Å². The molecule has 1 aliphatic heterocycles. The number of carbonyl (C=O) groups excluding carboxylic acids is 1. The molecule has 1 aromatic rings. The molecule has 4 nitrogen and oxygen atoms in total. The molecule has 0 aliphatic carbocycles. The minimum absolute atomic E-state index is 0.0396. The van der Waals surface area contributed by atoms with E-state index < -0.39 is 5.60 Å². The third kappa shape index (κ3) is 3.36. The molecule has 0 atom stereocenters. The Kier molecular flexibility index (Phi) is 4.71. The van der Waals surface area contributed by atoms with Gasteiger partial charge in [-0.2, -0.15) is 0 Å². The number of likely N-dealkylation sites (tertiary alicyclic amines) is 1. The lowest BCUT2D eigenvalue weighted by atomic mass is 9.90. The largest absolute Gasteiger partial charge is 0.384 e. The van der Waals surface area contributed by atoms with Crippen molar-refractivity contribution in [2.45, 2.75) is 51.7 Å². The average Bonchev–Trinajstić information content (AvgIpc) is 2.82. The Labute approximate surface area is 137 Å². The van der Waals surface area contributed by atoms with Crippen LogP contribution in [0.3, 0.4) is 0 Å². The Morgan fingerprint density at radius 1 is 1.36 bits per heavy atom. The van der Waals surface area contributed by atoms with Gasteiger partial charge in [0.2, 0.25) is 0 Å². The minimum Gasteiger partial charge on any atom is -0.384 e. The molecule has 2 heterocycles. The molecule has 124 valence electrons. The topological polar surface area (TPSA) is 43.8 Å². The fourth-order valence-electron chi connectivity index (χ4n) is 2.62. The van der Waals surface area contributed by atoms with Gasteiger partial charge in [0.1, 0.15) is 5.60 Å². The first-order valence-corrected chi connectivity index (χ1v) is 8.66. The van der Waals surface area contributed by atoms with Crippen LogP contribution in [0.25, 0.3) is 0 Å². The summed E-state index contributed by atoms with van der Waals surface area (Å²) in [7, 11) is 3.91. The molecule has 2 rings (SSSR count). The van der Waals surface area contributed by atoms with E-state index in [2.05, 4.69) is 11.9 Å². The van der Waals surface area contributed by atoms with Gasteiger partial charge in [0.05, 0.1) is 4.88 Å². The van der Waals surface area contributed by atoms with Crippen molar-refractivity contribution in [3.05, 3.63) is 21.4 Å². The summed E-state index contributed by atoms with van der Waals surface area (Å²) in [6, 6.07) is 2.00. The lowest BCUT2D eigenvalue weighted by Gasteiger charge is -2.35. The second-order valence-corrected chi connectivity index (χ2v) is 8.54. The molecule has 1 amide bonds. The third-order valence-corrected chi connectivity index (χ3v) is 6.11. The Morgan fingerprint density at radius 2 is 1.91 bits per heavy atom. The van der Waals surface area contributed by atoms with Gasteiger partial charge in [0, 0.05) is 30.6 Å².